The molecule has 12 nitrogen and oxygen atoms in total. The molecule has 2 unspecified atom stereocenters. The number of hydrogen-bond acceptors (Lipinski definition) is 11. The summed E-state index contributed by atoms with van der Waals surface area (Å²) < 4.78 is 0. The molecule has 2 saturated carbocycles. The molecule has 1 aromatic rings. The maximum atomic E-state index is 14.1. The molecular weight excluding hydrogens is 566 g/mol. The van der Waals surface area contributed by atoms with Crippen molar-refractivity contribution in [2.45, 2.75) is 37.1 Å². The van der Waals surface area contributed by atoms with E-state index in [2.05, 4.69) is 4.90 Å². The average molecular weight is 604 g/mol. The highest BCUT2D eigenvalue weighted by molar-refractivity contribution is 6.24. The van der Waals surface area contributed by atoms with Crippen LogP contribution in [-0.2, 0) is 27.3 Å². The van der Waals surface area contributed by atoms with Gasteiger partial charge in [0.2, 0.25) is 5.78 Å². The van der Waals surface area contributed by atoms with E-state index in [-0.39, 0.29) is 48.2 Å². The van der Waals surface area contributed by atoms with Gasteiger partial charge in [-0.25, -0.2) is 0 Å². The lowest BCUT2D eigenvalue weighted by Crippen LogP contribution is -2.65. The summed E-state index contributed by atoms with van der Waals surface area (Å²) in [5, 5.41) is 46.0. The zero-order chi connectivity index (χ0) is 29.9. The summed E-state index contributed by atoms with van der Waals surface area (Å²) in [5.74, 6) is -5.58. The number of phenols is 1. The summed E-state index contributed by atoms with van der Waals surface area (Å²) in [4.78, 5) is 45.1. The fraction of sp³-hybridized carbons (Fsp3) is 0.552. The van der Waals surface area contributed by atoms with E-state index >= 15 is 0 Å². The number of halogens is 1. The number of piperidine rings is 1. The molecule has 42 heavy (non-hydrogen) atoms. The SMILES string of the molecule is CN(C)c1cc(CN2CC3C(N)C3C2)c(O)c2c1C[C@H]1C[C@H]3[C@H](N(C)C)C(=O)C(C(N)=O)=C(O)[C@@]3(O)C(=O)C1=C2O.Cl. The zero-order valence-corrected chi connectivity index (χ0v) is 24.8. The van der Waals surface area contributed by atoms with Crippen molar-refractivity contribution in [2.24, 2.45) is 35.1 Å². The predicted octanol–water partition coefficient (Wildman–Crippen LogP) is -0.159. The molecular formula is C29H38ClN5O7. The number of hydrogen-bond donors (Lipinski definition) is 6. The molecule has 4 aliphatic carbocycles. The molecule has 5 aliphatic rings. The van der Waals surface area contributed by atoms with Crippen LogP contribution in [0.5, 0.6) is 5.75 Å². The van der Waals surface area contributed by atoms with Gasteiger partial charge in [0.25, 0.3) is 5.91 Å². The number of carbonyl (C=O) groups is 3. The maximum Gasteiger partial charge on any atom is 0.255 e. The van der Waals surface area contributed by atoms with Crippen molar-refractivity contribution in [1.82, 2.24) is 9.80 Å². The summed E-state index contributed by atoms with van der Waals surface area (Å²) in [6, 6.07) is 1.01. The molecule has 1 aliphatic heterocycles. The van der Waals surface area contributed by atoms with Gasteiger partial charge in [0, 0.05) is 62.5 Å². The van der Waals surface area contributed by atoms with Gasteiger partial charge in [0.05, 0.1) is 11.6 Å². The van der Waals surface area contributed by atoms with Gasteiger partial charge in [-0.2, -0.15) is 0 Å². The van der Waals surface area contributed by atoms with Crippen LogP contribution in [0.2, 0.25) is 0 Å². The van der Waals surface area contributed by atoms with Crippen molar-refractivity contribution >= 4 is 41.3 Å². The first kappa shape index (κ1) is 30.3. The van der Waals surface area contributed by atoms with Crippen LogP contribution in [-0.4, -0.2) is 107 Å². The first-order chi connectivity index (χ1) is 19.2. The van der Waals surface area contributed by atoms with Crippen LogP contribution in [0.3, 0.4) is 0 Å². The number of Topliss-reactive ketones (excluding diaryl/α,β-unsaturated/α-hetero) is 2. The molecule has 6 atom stereocenters. The highest BCUT2D eigenvalue weighted by Crippen LogP contribution is 2.54. The second kappa shape index (κ2) is 9.95. The third kappa shape index (κ3) is 3.99. The standard InChI is InChI=1S/C29H37N5O7.ClH/c1-32(2)17-7-12(8-34-9-14-15(10-34)21(14)30)23(35)19-13(17)5-11-6-16-22(33(3)4)25(37)20(28(31)40)27(39)29(16,41)26(38)18(11)24(19)36;/h7,11,14-16,21-22,35-36,39,41H,5-6,8-10,30H2,1-4H3,(H2,31,40);1H/t11-,14?,15?,16-,21?,22-,29-;/m0./s1. The molecule has 0 aromatic heterocycles. The molecule has 1 heterocycles. The Bertz CT molecular complexity index is 1460. The fourth-order valence-corrected chi connectivity index (χ4v) is 7.90. The van der Waals surface area contributed by atoms with E-state index in [1.165, 1.54) is 4.90 Å². The van der Waals surface area contributed by atoms with E-state index in [9.17, 15) is 34.8 Å². The number of phenolic OH excluding ortho intramolecular Hbond substituents is 1. The molecule has 6 rings (SSSR count). The molecule has 8 N–H and O–H groups in total. The van der Waals surface area contributed by atoms with Crippen molar-refractivity contribution in [3.8, 4) is 5.75 Å². The molecule has 3 fully saturated rings. The number of benzene rings is 1. The van der Waals surface area contributed by atoms with Gasteiger partial charge < -0.3 is 36.8 Å². The first-order valence-corrected chi connectivity index (χ1v) is 13.9. The Labute approximate surface area is 249 Å². The average Bonchev–Trinajstić information content (AvgIpc) is 3.26. The molecule has 1 amide bonds. The van der Waals surface area contributed by atoms with Crippen LogP contribution < -0.4 is 16.4 Å². The van der Waals surface area contributed by atoms with Crippen LogP contribution in [0.1, 0.15) is 23.1 Å². The van der Waals surface area contributed by atoms with Crippen molar-refractivity contribution in [1.29, 1.82) is 0 Å². The lowest BCUT2D eigenvalue weighted by Gasteiger charge is -2.50. The number of amides is 1. The Kier molecular flexibility index (Phi) is 7.18. The van der Waals surface area contributed by atoms with E-state index in [4.69, 9.17) is 11.5 Å². The normalized spacial score (nSPS) is 33.6. The number of primary amides is 1. The van der Waals surface area contributed by atoms with Crippen LogP contribution in [0.4, 0.5) is 5.69 Å². The number of ketones is 2. The molecule has 0 spiro atoms. The Morgan fingerprint density at radius 2 is 1.74 bits per heavy atom. The van der Waals surface area contributed by atoms with Crippen LogP contribution in [0, 0.1) is 23.7 Å². The van der Waals surface area contributed by atoms with Crippen LogP contribution in [0.15, 0.2) is 23.0 Å². The van der Waals surface area contributed by atoms with Gasteiger partial charge in [-0.15, -0.1) is 12.4 Å². The number of aliphatic hydroxyl groups is 3. The van der Waals surface area contributed by atoms with E-state index in [1.54, 1.807) is 14.1 Å². The smallest absolute Gasteiger partial charge is 0.255 e. The van der Waals surface area contributed by atoms with Crippen molar-refractivity contribution in [2.75, 3.05) is 46.2 Å². The molecule has 1 saturated heterocycles. The minimum atomic E-state index is -2.66. The summed E-state index contributed by atoms with van der Waals surface area (Å²) in [6.45, 7) is 2.08. The van der Waals surface area contributed by atoms with Gasteiger partial charge in [0.1, 0.15) is 22.8 Å². The summed E-state index contributed by atoms with van der Waals surface area (Å²) >= 11 is 0. The number of likely N-dealkylation sites (tertiary alicyclic amines) is 1. The Morgan fingerprint density at radius 1 is 1.12 bits per heavy atom. The minimum absolute atomic E-state index is 0. The van der Waals surface area contributed by atoms with Gasteiger partial charge in [-0.1, -0.05) is 0 Å². The second-order valence-electron chi connectivity index (χ2n) is 12.7. The molecule has 13 heteroatoms. The van der Waals surface area contributed by atoms with E-state index in [0.717, 1.165) is 18.8 Å². The lowest BCUT2D eigenvalue weighted by molar-refractivity contribution is -0.153. The van der Waals surface area contributed by atoms with E-state index < -0.39 is 58.0 Å². The number of aromatic hydroxyl groups is 1. The number of anilines is 1. The highest BCUT2D eigenvalue weighted by Gasteiger charge is 2.64. The third-order valence-electron chi connectivity index (χ3n) is 9.99. The maximum absolute atomic E-state index is 14.1. The number of nitrogens with zero attached hydrogens (tertiary/aromatic N) is 3. The number of nitrogens with two attached hydrogens (primary N) is 2. The zero-order valence-electron chi connectivity index (χ0n) is 24.0. The quantitative estimate of drug-likeness (QED) is 0.245. The molecule has 0 bridgehead atoms. The summed E-state index contributed by atoms with van der Waals surface area (Å²) in [7, 11) is 6.87. The van der Waals surface area contributed by atoms with Gasteiger partial charge >= 0.3 is 0 Å². The third-order valence-corrected chi connectivity index (χ3v) is 9.99. The number of likely N-dealkylation sites (N-methyl/N-ethyl adjacent to an activating group) is 1. The van der Waals surface area contributed by atoms with Gasteiger partial charge in [-0.05, 0) is 56.3 Å². The van der Waals surface area contributed by atoms with E-state index in [1.807, 2.05) is 25.1 Å². The minimum Gasteiger partial charge on any atom is -0.508 e. The van der Waals surface area contributed by atoms with Crippen LogP contribution in [0.25, 0.3) is 5.76 Å². The topological polar surface area (TPSA) is 194 Å². The Hall–Kier alpha value is -3.16. The van der Waals surface area contributed by atoms with Crippen molar-refractivity contribution in [3.05, 3.63) is 39.7 Å². The second-order valence-corrected chi connectivity index (χ2v) is 12.7. The number of rotatable bonds is 5. The van der Waals surface area contributed by atoms with Crippen molar-refractivity contribution in [3.63, 3.8) is 0 Å². The van der Waals surface area contributed by atoms with Gasteiger partial charge in [-0.3, -0.25) is 24.2 Å². The molecule has 228 valence electrons. The predicted molar refractivity (Wildman–Crippen MR) is 156 cm³/mol. The summed E-state index contributed by atoms with van der Waals surface area (Å²) in [6.07, 6.45) is 0.302. The molecule has 0 radical (unpaired) electrons. The van der Waals surface area contributed by atoms with Gasteiger partial charge in [0.15, 0.2) is 11.4 Å². The largest absolute Gasteiger partial charge is 0.508 e. The number of fused-ring (bicyclic) bond motifs is 4. The number of carbonyl (C=O) groups excluding carboxylic acids is 3. The Morgan fingerprint density at radius 3 is 2.29 bits per heavy atom. The first-order valence-electron chi connectivity index (χ1n) is 13.9. The lowest BCUT2D eigenvalue weighted by atomic mass is 9.57. The molecule has 1 aromatic carbocycles. The number of aliphatic hydroxyl groups excluding tert-OH is 2. The van der Waals surface area contributed by atoms with E-state index in [0.29, 0.717) is 29.5 Å². The van der Waals surface area contributed by atoms with Crippen LogP contribution >= 0.6 is 12.4 Å². The van der Waals surface area contributed by atoms with Crippen molar-refractivity contribution < 1.29 is 34.8 Å². The monoisotopic (exact) mass is 603 g/mol. The fourth-order valence-electron chi connectivity index (χ4n) is 7.90. The Balaban J connectivity index is 0.00000353. The summed E-state index contributed by atoms with van der Waals surface area (Å²) in [5.41, 5.74) is 9.98. The highest BCUT2D eigenvalue weighted by atomic mass is 35.5.